The summed E-state index contributed by atoms with van der Waals surface area (Å²) in [5.74, 6) is -0.836. The quantitative estimate of drug-likeness (QED) is 0.481. The van der Waals surface area contributed by atoms with E-state index in [1.807, 2.05) is 55.5 Å². The normalized spacial score (nSPS) is 11.5. The minimum atomic E-state index is -1.10. The van der Waals surface area contributed by atoms with Crippen LogP contribution in [0.3, 0.4) is 0 Å². The molecule has 3 aromatic carbocycles. The number of rotatable bonds is 4. The maximum absolute atomic E-state index is 11.5. The van der Waals surface area contributed by atoms with Crippen LogP contribution in [0.5, 0.6) is 5.75 Å². The van der Waals surface area contributed by atoms with Crippen LogP contribution in [-0.2, 0) is 9.53 Å². The fourth-order valence-electron chi connectivity index (χ4n) is 3.41. The predicted molar refractivity (Wildman–Crippen MR) is 121 cm³/mol. The highest BCUT2D eigenvalue weighted by Crippen LogP contribution is 2.44. The fourth-order valence-corrected chi connectivity index (χ4v) is 3.90. The molecule has 0 unspecified atom stereocenters. The average molecular weight is 484 g/mol. The number of carboxylic acids is 1. The van der Waals surface area contributed by atoms with Crippen LogP contribution < -0.4 is 5.32 Å². The van der Waals surface area contributed by atoms with Gasteiger partial charge in [-0.05, 0) is 62.8 Å². The Labute approximate surface area is 188 Å². The largest absolute Gasteiger partial charge is 0.507 e. The Balaban J connectivity index is 0.000000254. The number of hydrogen-bond acceptors (Lipinski definition) is 4. The zero-order valence-electron chi connectivity index (χ0n) is 16.8. The number of aryl methyl sites for hydroxylation is 1. The molecule has 0 heterocycles. The lowest BCUT2D eigenvalue weighted by molar-refractivity contribution is -0.135. The van der Waals surface area contributed by atoms with Crippen molar-refractivity contribution in [3.05, 3.63) is 87.9 Å². The summed E-state index contributed by atoms with van der Waals surface area (Å²) >= 11 is 3.20. The lowest BCUT2D eigenvalue weighted by Crippen LogP contribution is -2.30. The number of amides is 1. The molecule has 0 aromatic heterocycles. The SMILES string of the molecule is Cc1ccc(O)c(Br)c1.O=C(O)CNC(=O)OCC1c2ccccc2-c2ccccc21. The molecule has 0 spiro atoms. The van der Waals surface area contributed by atoms with Gasteiger partial charge in [-0.3, -0.25) is 4.79 Å². The second-order valence-corrected chi connectivity index (χ2v) is 7.88. The van der Waals surface area contributed by atoms with Gasteiger partial charge < -0.3 is 20.3 Å². The van der Waals surface area contributed by atoms with Gasteiger partial charge in [0.1, 0.15) is 18.9 Å². The van der Waals surface area contributed by atoms with Crippen molar-refractivity contribution in [2.45, 2.75) is 12.8 Å². The molecule has 0 radical (unpaired) electrons. The van der Waals surface area contributed by atoms with Gasteiger partial charge in [0.15, 0.2) is 0 Å². The summed E-state index contributed by atoms with van der Waals surface area (Å²) in [6, 6.07) is 21.4. The molecule has 0 aliphatic heterocycles. The number of aromatic hydroxyl groups is 1. The Kier molecular flexibility index (Phi) is 7.31. The molecule has 1 aliphatic carbocycles. The van der Waals surface area contributed by atoms with E-state index in [9.17, 15) is 9.59 Å². The number of hydrogen-bond donors (Lipinski definition) is 3. The van der Waals surface area contributed by atoms with Crippen LogP contribution in [0.1, 0.15) is 22.6 Å². The molecule has 0 atom stereocenters. The summed E-state index contributed by atoms with van der Waals surface area (Å²) in [4.78, 5) is 22.0. The summed E-state index contributed by atoms with van der Waals surface area (Å²) < 4.78 is 5.93. The third-order valence-corrected chi connectivity index (χ3v) is 5.47. The van der Waals surface area contributed by atoms with E-state index in [4.69, 9.17) is 14.9 Å². The molecule has 31 heavy (non-hydrogen) atoms. The lowest BCUT2D eigenvalue weighted by Gasteiger charge is -2.14. The number of carbonyl (C=O) groups excluding carboxylic acids is 1. The average Bonchev–Trinajstić information content (AvgIpc) is 3.08. The van der Waals surface area contributed by atoms with E-state index >= 15 is 0 Å². The third-order valence-electron chi connectivity index (χ3n) is 4.83. The Hall–Kier alpha value is -3.32. The van der Waals surface area contributed by atoms with E-state index in [-0.39, 0.29) is 12.5 Å². The number of carboxylic acid groups (broad SMARTS) is 1. The second-order valence-electron chi connectivity index (χ2n) is 7.03. The van der Waals surface area contributed by atoms with Crippen molar-refractivity contribution in [3.63, 3.8) is 0 Å². The Morgan fingerprint density at radius 2 is 1.58 bits per heavy atom. The van der Waals surface area contributed by atoms with Crippen molar-refractivity contribution in [1.82, 2.24) is 5.32 Å². The van der Waals surface area contributed by atoms with Crippen LogP contribution in [-0.4, -0.2) is 35.4 Å². The molecule has 1 aliphatic rings. The maximum Gasteiger partial charge on any atom is 0.407 e. The summed E-state index contributed by atoms with van der Waals surface area (Å²) in [7, 11) is 0. The molecule has 0 bridgehead atoms. The number of alkyl carbamates (subject to hydrolysis) is 1. The number of phenols is 1. The zero-order chi connectivity index (χ0) is 22.4. The smallest absolute Gasteiger partial charge is 0.407 e. The Bertz CT molecular complexity index is 1050. The molecule has 1 amide bonds. The molecule has 4 rings (SSSR count). The van der Waals surface area contributed by atoms with Crippen LogP contribution in [0.4, 0.5) is 4.79 Å². The van der Waals surface area contributed by atoms with Gasteiger partial charge >= 0.3 is 12.1 Å². The van der Waals surface area contributed by atoms with Crippen LogP contribution in [0.25, 0.3) is 11.1 Å². The number of nitrogens with one attached hydrogen (secondary N) is 1. The van der Waals surface area contributed by atoms with Gasteiger partial charge in [-0.2, -0.15) is 0 Å². The van der Waals surface area contributed by atoms with Crippen LogP contribution in [0.15, 0.2) is 71.2 Å². The predicted octanol–water partition coefficient (Wildman–Crippen LogP) is 5.07. The number of phenolic OH excluding ortho intramolecular Hbond substituents is 1. The summed E-state index contributed by atoms with van der Waals surface area (Å²) in [5.41, 5.74) is 5.68. The standard InChI is InChI=1S/C17H15NO4.C7H7BrO/c19-16(20)9-18-17(21)22-10-15-13-7-3-1-5-11(13)12-6-2-4-8-14(12)15;1-5-2-3-7(9)6(8)4-5/h1-8,15H,9-10H2,(H,18,21)(H,19,20);2-4,9H,1H3. The number of aliphatic carboxylic acids is 1. The molecule has 3 N–H and O–H groups in total. The highest BCUT2D eigenvalue weighted by atomic mass is 79.9. The first-order valence-corrected chi connectivity index (χ1v) is 10.4. The van der Waals surface area contributed by atoms with Gasteiger partial charge in [-0.1, -0.05) is 54.6 Å². The molecule has 6 nitrogen and oxygen atoms in total. The van der Waals surface area contributed by atoms with E-state index in [0.717, 1.165) is 32.3 Å². The van der Waals surface area contributed by atoms with Gasteiger partial charge in [-0.25, -0.2) is 4.79 Å². The van der Waals surface area contributed by atoms with Gasteiger partial charge in [0.05, 0.1) is 4.47 Å². The van der Waals surface area contributed by atoms with Crippen molar-refractivity contribution >= 4 is 28.0 Å². The lowest BCUT2D eigenvalue weighted by atomic mass is 9.98. The first-order valence-electron chi connectivity index (χ1n) is 9.62. The van der Waals surface area contributed by atoms with Crippen LogP contribution in [0, 0.1) is 6.92 Å². The molecule has 0 saturated heterocycles. The summed E-state index contributed by atoms with van der Waals surface area (Å²) in [6.45, 7) is 1.71. The summed E-state index contributed by atoms with van der Waals surface area (Å²) in [5, 5.41) is 19.7. The van der Waals surface area contributed by atoms with Crippen molar-refractivity contribution in [2.24, 2.45) is 0 Å². The summed E-state index contributed by atoms with van der Waals surface area (Å²) in [6.07, 6.45) is -0.718. The van der Waals surface area contributed by atoms with Gasteiger partial charge in [0, 0.05) is 5.92 Å². The topological polar surface area (TPSA) is 95.9 Å². The number of ether oxygens (including phenoxy) is 1. The molecule has 0 fully saturated rings. The van der Waals surface area contributed by atoms with E-state index < -0.39 is 18.6 Å². The molecular weight excluding hydrogens is 462 g/mol. The number of benzene rings is 3. The van der Waals surface area contributed by atoms with Crippen LogP contribution >= 0.6 is 15.9 Å². The molecule has 3 aromatic rings. The molecule has 160 valence electrons. The van der Waals surface area contributed by atoms with Crippen molar-refractivity contribution in [1.29, 1.82) is 0 Å². The monoisotopic (exact) mass is 483 g/mol. The van der Waals surface area contributed by atoms with Gasteiger partial charge in [0.2, 0.25) is 0 Å². The van der Waals surface area contributed by atoms with E-state index in [0.29, 0.717) is 5.75 Å². The molecule has 7 heteroatoms. The van der Waals surface area contributed by atoms with Crippen molar-refractivity contribution < 1.29 is 24.5 Å². The van der Waals surface area contributed by atoms with Crippen molar-refractivity contribution in [3.8, 4) is 16.9 Å². The highest BCUT2D eigenvalue weighted by Gasteiger charge is 2.28. The van der Waals surface area contributed by atoms with E-state index in [1.165, 1.54) is 0 Å². The van der Waals surface area contributed by atoms with Gasteiger partial charge in [-0.15, -0.1) is 0 Å². The number of fused-ring (bicyclic) bond motifs is 3. The Morgan fingerprint density at radius 3 is 2.10 bits per heavy atom. The van der Waals surface area contributed by atoms with E-state index in [2.05, 4.69) is 33.4 Å². The number of halogens is 1. The van der Waals surface area contributed by atoms with Crippen LogP contribution in [0.2, 0.25) is 0 Å². The minimum absolute atomic E-state index is 0.0250. The minimum Gasteiger partial charge on any atom is -0.507 e. The van der Waals surface area contributed by atoms with Crippen molar-refractivity contribution in [2.75, 3.05) is 13.2 Å². The number of carbonyl (C=O) groups is 2. The highest BCUT2D eigenvalue weighted by molar-refractivity contribution is 9.10. The molecular formula is C24H22BrNO5. The Morgan fingerprint density at radius 1 is 1.00 bits per heavy atom. The maximum atomic E-state index is 11.5. The zero-order valence-corrected chi connectivity index (χ0v) is 18.4. The first kappa shape index (κ1) is 22.4. The molecule has 0 saturated carbocycles. The first-order chi connectivity index (χ1) is 14.9. The van der Waals surface area contributed by atoms with Gasteiger partial charge in [0.25, 0.3) is 0 Å². The second kappa shape index (κ2) is 10.1. The third kappa shape index (κ3) is 5.64. The fraction of sp³-hybridized carbons (Fsp3) is 0.167. The van der Waals surface area contributed by atoms with E-state index in [1.54, 1.807) is 6.07 Å².